The first-order valence-electron chi connectivity index (χ1n) is 7.03. The molecule has 0 aliphatic rings. The van der Waals surface area contributed by atoms with Crippen molar-refractivity contribution in [2.45, 2.75) is 0 Å². The monoisotopic (exact) mass is 324 g/mol. The van der Waals surface area contributed by atoms with Crippen LogP contribution < -0.4 is 9.13 Å². The van der Waals surface area contributed by atoms with Crippen LogP contribution in [0.25, 0.3) is 0 Å². The van der Waals surface area contributed by atoms with Crippen molar-refractivity contribution in [3.63, 3.8) is 0 Å². The Labute approximate surface area is 138 Å². The van der Waals surface area contributed by atoms with Gasteiger partial charge in [-0.25, -0.2) is 9.13 Å². The Bertz CT molecular complexity index is 851. The molecule has 0 aliphatic heterocycles. The van der Waals surface area contributed by atoms with Gasteiger partial charge < -0.3 is 0 Å². The standard InChI is InChI=1S/C16H16N6S/c1-21-9-3-4-15(12-21)19-17-13-5-7-14(8-6-13)18-20-16-22(2)10-11-23-16/h3-12H,1-2H3/q+2. The van der Waals surface area contributed by atoms with Crippen molar-refractivity contribution in [3.8, 4) is 0 Å². The van der Waals surface area contributed by atoms with Crippen LogP contribution in [0.2, 0.25) is 0 Å². The van der Waals surface area contributed by atoms with Crippen molar-refractivity contribution >= 4 is 33.5 Å². The number of hydrogen-bond acceptors (Lipinski definition) is 5. The zero-order valence-corrected chi connectivity index (χ0v) is 13.7. The maximum atomic E-state index is 4.22. The number of thiazole rings is 1. The molecule has 0 amide bonds. The predicted molar refractivity (Wildman–Crippen MR) is 87.9 cm³/mol. The van der Waals surface area contributed by atoms with Crippen molar-refractivity contribution in [2.24, 2.45) is 34.6 Å². The fourth-order valence-corrected chi connectivity index (χ4v) is 2.54. The van der Waals surface area contributed by atoms with Gasteiger partial charge in [0.1, 0.15) is 24.6 Å². The number of hydrogen-bond donors (Lipinski definition) is 0. The lowest BCUT2D eigenvalue weighted by molar-refractivity contribution is -0.670. The van der Waals surface area contributed by atoms with E-state index in [1.165, 1.54) is 0 Å². The molecule has 7 heteroatoms. The van der Waals surface area contributed by atoms with Crippen LogP contribution in [0.15, 0.2) is 80.8 Å². The summed E-state index contributed by atoms with van der Waals surface area (Å²) < 4.78 is 3.86. The molecule has 0 saturated heterocycles. The van der Waals surface area contributed by atoms with Crippen LogP contribution >= 0.6 is 11.3 Å². The third-order valence-corrected chi connectivity index (χ3v) is 3.90. The molecule has 3 rings (SSSR count). The minimum absolute atomic E-state index is 0.775. The molecule has 2 heterocycles. The Morgan fingerprint density at radius 3 is 2.04 bits per heavy atom. The van der Waals surface area contributed by atoms with Gasteiger partial charge in [0.25, 0.3) is 0 Å². The number of nitrogens with zero attached hydrogens (tertiary/aromatic N) is 6. The molecule has 0 spiro atoms. The number of benzene rings is 1. The van der Waals surface area contributed by atoms with E-state index in [1.807, 2.05) is 83.6 Å². The molecule has 6 nitrogen and oxygen atoms in total. The van der Waals surface area contributed by atoms with Crippen molar-refractivity contribution in [3.05, 3.63) is 60.4 Å². The van der Waals surface area contributed by atoms with E-state index >= 15 is 0 Å². The molecule has 0 fully saturated rings. The lowest BCUT2D eigenvalue weighted by Crippen LogP contribution is -2.25. The highest BCUT2D eigenvalue weighted by molar-refractivity contribution is 7.12. The average molecular weight is 324 g/mol. The van der Waals surface area contributed by atoms with E-state index in [9.17, 15) is 0 Å². The third kappa shape index (κ3) is 4.10. The van der Waals surface area contributed by atoms with E-state index in [1.54, 1.807) is 11.3 Å². The van der Waals surface area contributed by atoms with E-state index in [-0.39, 0.29) is 0 Å². The molecule has 0 N–H and O–H groups in total. The van der Waals surface area contributed by atoms with Gasteiger partial charge in [-0.05, 0) is 46.8 Å². The second-order valence-corrected chi connectivity index (χ2v) is 5.81. The zero-order chi connectivity index (χ0) is 16.1. The van der Waals surface area contributed by atoms with Crippen LogP contribution in [0.1, 0.15) is 0 Å². The van der Waals surface area contributed by atoms with Gasteiger partial charge in [0, 0.05) is 11.4 Å². The number of aryl methyl sites for hydroxylation is 2. The average Bonchev–Trinajstić information content (AvgIpc) is 2.97. The van der Waals surface area contributed by atoms with Crippen LogP contribution in [-0.2, 0) is 14.1 Å². The number of pyridine rings is 1. The quantitative estimate of drug-likeness (QED) is 0.509. The molecular weight excluding hydrogens is 308 g/mol. The van der Waals surface area contributed by atoms with Gasteiger partial charge in [-0.1, -0.05) is 0 Å². The van der Waals surface area contributed by atoms with Crippen LogP contribution in [0.3, 0.4) is 0 Å². The van der Waals surface area contributed by atoms with Crippen LogP contribution in [-0.4, -0.2) is 0 Å². The van der Waals surface area contributed by atoms with Gasteiger partial charge in [-0.3, -0.25) is 0 Å². The molecule has 0 radical (unpaired) electrons. The summed E-state index contributed by atoms with van der Waals surface area (Å²) in [7, 11) is 3.89. The van der Waals surface area contributed by atoms with Crippen LogP contribution in [0.5, 0.6) is 0 Å². The number of aromatic nitrogens is 2. The molecule has 3 aromatic rings. The molecule has 0 unspecified atom stereocenters. The summed E-state index contributed by atoms with van der Waals surface area (Å²) in [6.07, 6.45) is 5.81. The van der Waals surface area contributed by atoms with Crippen LogP contribution in [0, 0.1) is 0 Å². The van der Waals surface area contributed by atoms with Gasteiger partial charge in [0.15, 0.2) is 12.4 Å². The van der Waals surface area contributed by atoms with Crippen molar-refractivity contribution in [1.82, 2.24) is 0 Å². The molecular formula is C16H16N6S+2. The fraction of sp³-hybridized carbons (Fsp3) is 0.125. The summed E-state index contributed by atoms with van der Waals surface area (Å²) in [6, 6.07) is 11.3. The van der Waals surface area contributed by atoms with Gasteiger partial charge in [0.2, 0.25) is 0 Å². The lowest BCUT2D eigenvalue weighted by Gasteiger charge is -1.93. The molecule has 2 aromatic heterocycles. The maximum Gasteiger partial charge on any atom is 0.408 e. The Morgan fingerprint density at radius 1 is 0.783 bits per heavy atom. The van der Waals surface area contributed by atoms with E-state index < -0.39 is 0 Å². The zero-order valence-electron chi connectivity index (χ0n) is 12.9. The maximum absolute atomic E-state index is 4.22. The lowest BCUT2D eigenvalue weighted by atomic mass is 10.3. The van der Waals surface area contributed by atoms with Gasteiger partial charge in [-0.15, -0.1) is 5.11 Å². The highest BCUT2D eigenvalue weighted by Crippen LogP contribution is 2.23. The molecule has 0 saturated carbocycles. The molecule has 1 aromatic carbocycles. The smallest absolute Gasteiger partial charge is 0.222 e. The third-order valence-electron chi connectivity index (χ3n) is 3.07. The highest BCUT2D eigenvalue weighted by atomic mass is 32.1. The normalized spacial score (nSPS) is 11.6. The summed E-state index contributed by atoms with van der Waals surface area (Å²) in [5, 5.41) is 19.7. The van der Waals surface area contributed by atoms with Crippen molar-refractivity contribution in [1.29, 1.82) is 0 Å². The summed E-state index contributed by atoms with van der Waals surface area (Å²) in [5.74, 6) is 0. The molecule has 0 aliphatic carbocycles. The summed E-state index contributed by atoms with van der Waals surface area (Å²) in [4.78, 5) is 0. The Balaban J connectivity index is 1.70. The minimum Gasteiger partial charge on any atom is -0.222 e. The Hall–Kier alpha value is -2.80. The molecule has 0 bridgehead atoms. The van der Waals surface area contributed by atoms with E-state index in [0.29, 0.717) is 0 Å². The number of azo groups is 2. The van der Waals surface area contributed by atoms with E-state index in [4.69, 9.17) is 0 Å². The second kappa shape index (κ2) is 6.97. The fourth-order valence-electron chi connectivity index (χ4n) is 1.86. The first kappa shape index (κ1) is 15.1. The Morgan fingerprint density at radius 2 is 1.43 bits per heavy atom. The van der Waals surface area contributed by atoms with E-state index in [2.05, 4.69) is 20.5 Å². The number of rotatable bonds is 4. The SMILES string of the molecule is C[n+]1cccc(N=Nc2ccc(N=Nc3scc[n+]3C)cc2)c1. The summed E-state index contributed by atoms with van der Waals surface area (Å²) in [6.45, 7) is 0. The molecule has 114 valence electrons. The predicted octanol–water partition coefficient (Wildman–Crippen LogP) is 4.23. The van der Waals surface area contributed by atoms with Crippen LogP contribution in [0.4, 0.5) is 22.2 Å². The highest BCUT2D eigenvalue weighted by Gasteiger charge is 2.06. The first-order chi connectivity index (χ1) is 11.2. The second-order valence-electron chi connectivity index (χ2n) is 4.94. The van der Waals surface area contributed by atoms with Crippen molar-refractivity contribution < 1.29 is 9.13 Å². The summed E-state index contributed by atoms with van der Waals surface area (Å²) >= 11 is 1.55. The van der Waals surface area contributed by atoms with Gasteiger partial charge in [-0.2, -0.15) is 5.11 Å². The largest absolute Gasteiger partial charge is 0.408 e. The first-order valence-corrected chi connectivity index (χ1v) is 7.91. The van der Waals surface area contributed by atoms with E-state index in [0.717, 1.165) is 22.2 Å². The molecule has 23 heavy (non-hydrogen) atoms. The molecule has 0 atom stereocenters. The van der Waals surface area contributed by atoms with Gasteiger partial charge in [0.05, 0.1) is 17.8 Å². The summed E-state index contributed by atoms with van der Waals surface area (Å²) in [5.41, 5.74) is 2.37. The van der Waals surface area contributed by atoms with Crippen molar-refractivity contribution in [2.75, 3.05) is 0 Å². The van der Waals surface area contributed by atoms with Gasteiger partial charge >= 0.3 is 5.13 Å². The topological polar surface area (TPSA) is 57.2 Å². The minimum atomic E-state index is 0.775. The Kier molecular flexibility index (Phi) is 4.58.